The van der Waals surface area contributed by atoms with E-state index in [1.165, 1.54) is 88.5 Å². The van der Waals surface area contributed by atoms with Gasteiger partial charge >= 0.3 is 0 Å². The van der Waals surface area contributed by atoms with E-state index in [1.807, 2.05) is 24.5 Å². The van der Waals surface area contributed by atoms with Crippen LogP contribution < -0.4 is 0 Å². The van der Waals surface area contributed by atoms with Crippen LogP contribution in [0.2, 0.25) is 0 Å². The molecule has 0 radical (unpaired) electrons. The number of hydrogen-bond acceptors (Lipinski definition) is 2. The number of pyridine rings is 1. The van der Waals surface area contributed by atoms with Crippen molar-refractivity contribution in [2.24, 2.45) is 4.99 Å². The molecule has 7 aromatic carbocycles. The second-order valence-corrected chi connectivity index (χ2v) is 14.8. The fraction of sp³-hybridized carbons (Fsp3) is 0.0741. The lowest BCUT2D eigenvalue weighted by Crippen LogP contribution is -2.07. The fourth-order valence-electron chi connectivity index (χ4n) is 8.58. The fourth-order valence-corrected chi connectivity index (χ4v) is 8.58. The Morgan fingerprint density at radius 3 is 1.57 bits per heavy atom. The van der Waals surface area contributed by atoms with Crippen LogP contribution in [0.1, 0.15) is 31.2 Å². The van der Waals surface area contributed by atoms with Gasteiger partial charge in [0.15, 0.2) is 0 Å². The number of nitrogens with zero attached hydrogens (tertiary/aromatic N) is 2. The first-order valence-corrected chi connectivity index (χ1v) is 19.7. The predicted molar refractivity (Wildman–Crippen MR) is 238 cm³/mol. The topological polar surface area (TPSA) is 25.2 Å². The average molecular weight is 717 g/mol. The summed E-state index contributed by atoms with van der Waals surface area (Å²) in [6.07, 6.45) is 14.7. The zero-order valence-electron chi connectivity index (χ0n) is 31.2. The summed E-state index contributed by atoms with van der Waals surface area (Å²) in [6, 6.07) is 59.7. The number of aromatic nitrogens is 1. The Morgan fingerprint density at radius 1 is 0.375 bits per heavy atom. The summed E-state index contributed by atoms with van der Waals surface area (Å²) >= 11 is 0. The van der Waals surface area contributed by atoms with Crippen molar-refractivity contribution in [3.05, 3.63) is 206 Å². The van der Waals surface area contributed by atoms with Crippen molar-refractivity contribution in [1.29, 1.82) is 0 Å². The minimum atomic E-state index is 0.970. The smallest absolute Gasteiger partial charge is 0.0701 e. The van der Waals surface area contributed by atoms with E-state index in [2.05, 4.69) is 175 Å². The highest BCUT2D eigenvalue weighted by atomic mass is 14.7. The largest absolute Gasteiger partial charge is 0.261 e. The third kappa shape index (κ3) is 6.40. The Hall–Kier alpha value is -6.90. The van der Waals surface area contributed by atoms with Gasteiger partial charge in [0.2, 0.25) is 0 Å². The summed E-state index contributed by atoms with van der Waals surface area (Å²) in [4.78, 5) is 9.38. The van der Waals surface area contributed by atoms with Gasteiger partial charge in [-0.1, -0.05) is 146 Å². The second kappa shape index (κ2) is 14.7. The van der Waals surface area contributed by atoms with E-state index >= 15 is 0 Å². The Kier molecular flexibility index (Phi) is 8.85. The zero-order chi connectivity index (χ0) is 37.3. The van der Waals surface area contributed by atoms with Gasteiger partial charge in [0.05, 0.1) is 5.69 Å². The monoisotopic (exact) mass is 716 g/mol. The molecule has 0 saturated carbocycles. The predicted octanol–water partition coefficient (Wildman–Crippen LogP) is 14.6. The number of benzene rings is 7. The van der Waals surface area contributed by atoms with Crippen LogP contribution in [-0.2, 0) is 0 Å². The molecule has 10 rings (SSSR count). The van der Waals surface area contributed by atoms with Crippen molar-refractivity contribution in [3.8, 4) is 55.8 Å². The normalized spacial score (nSPS) is 14.0. The number of allylic oxidation sites excluding steroid dienone is 5. The van der Waals surface area contributed by atoms with E-state index in [0.29, 0.717) is 0 Å². The number of rotatable bonds is 7. The minimum absolute atomic E-state index is 0.970. The van der Waals surface area contributed by atoms with Gasteiger partial charge in [-0.05, 0) is 145 Å². The molecule has 2 heterocycles. The van der Waals surface area contributed by atoms with E-state index in [-0.39, 0.29) is 0 Å². The van der Waals surface area contributed by atoms with E-state index in [0.717, 1.165) is 36.9 Å². The van der Waals surface area contributed by atoms with Gasteiger partial charge in [0.25, 0.3) is 0 Å². The van der Waals surface area contributed by atoms with Crippen molar-refractivity contribution >= 4 is 32.8 Å². The van der Waals surface area contributed by atoms with Crippen LogP contribution in [0.25, 0.3) is 82.9 Å². The molecular weight excluding hydrogens is 677 g/mol. The number of hydrogen-bond donors (Lipinski definition) is 0. The highest BCUT2D eigenvalue weighted by Gasteiger charge is 2.21. The first kappa shape index (κ1) is 33.7. The van der Waals surface area contributed by atoms with Crippen molar-refractivity contribution in [2.75, 3.05) is 0 Å². The maximum atomic E-state index is 4.76. The van der Waals surface area contributed by atoms with Crippen LogP contribution in [0, 0.1) is 0 Å². The standard InChI is InChI=1S/C54H40N2/c1-3-13-37(14-4-1)44-33-45(38-15-5-2-6-16-38)35-46(34-44)43-29-30-49-50(36-43)54(42-27-23-40(24-28-42)52-20-10-12-32-56-52)48-18-8-7-17-47(48)53(49)41-25-21-39(22-26-41)51-19-9-11-31-55-51/h1-9,11-19,21-23,25-27,29-36H,10,20,24,28H2. The zero-order valence-corrected chi connectivity index (χ0v) is 31.2. The molecule has 1 aliphatic carbocycles. The van der Waals surface area contributed by atoms with Crippen LogP contribution in [-0.4, -0.2) is 10.7 Å². The van der Waals surface area contributed by atoms with Crippen molar-refractivity contribution in [2.45, 2.75) is 25.7 Å². The van der Waals surface area contributed by atoms with Crippen LogP contribution in [0.15, 0.2) is 205 Å². The molecule has 8 aromatic rings. The first-order chi connectivity index (χ1) is 27.8. The Balaban J connectivity index is 1.21. The number of aliphatic imine (C=N–C) groups is 1. The third-order valence-electron chi connectivity index (χ3n) is 11.4. The Labute approximate surface area is 328 Å². The van der Waals surface area contributed by atoms with E-state index in [1.54, 1.807) is 0 Å². The molecule has 1 aromatic heterocycles. The third-order valence-corrected chi connectivity index (χ3v) is 11.4. The van der Waals surface area contributed by atoms with E-state index in [4.69, 9.17) is 4.99 Å². The molecule has 2 heteroatoms. The maximum absolute atomic E-state index is 4.76. The number of fused-ring (bicyclic) bond motifs is 2. The molecule has 0 fully saturated rings. The van der Waals surface area contributed by atoms with Gasteiger partial charge in [-0.2, -0.15) is 0 Å². The molecule has 0 amide bonds. The lowest BCUT2D eigenvalue weighted by molar-refractivity contribution is 0.983. The molecule has 0 bridgehead atoms. The van der Waals surface area contributed by atoms with Gasteiger partial charge in [-0.15, -0.1) is 0 Å². The highest BCUT2D eigenvalue weighted by molar-refractivity contribution is 6.19. The molecule has 0 N–H and O–H groups in total. The van der Waals surface area contributed by atoms with Crippen LogP contribution in [0.3, 0.4) is 0 Å². The molecule has 0 atom stereocenters. The van der Waals surface area contributed by atoms with Gasteiger partial charge in [0.1, 0.15) is 0 Å². The van der Waals surface area contributed by atoms with E-state index in [9.17, 15) is 0 Å². The van der Waals surface area contributed by atoms with Crippen molar-refractivity contribution in [1.82, 2.24) is 4.98 Å². The van der Waals surface area contributed by atoms with Crippen molar-refractivity contribution < 1.29 is 0 Å². The molecule has 0 unspecified atom stereocenters. The summed E-state index contributed by atoms with van der Waals surface area (Å²) in [7, 11) is 0. The van der Waals surface area contributed by atoms with Crippen molar-refractivity contribution in [3.63, 3.8) is 0 Å². The van der Waals surface area contributed by atoms with Gasteiger partial charge < -0.3 is 0 Å². The molecule has 0 spiro atoms. The molecule has 1 aliphatic heterocycles. The molecule has 2 aliphatic rings. The Bertz CT molecular complexity index is 2800. The summed E-state index contributed by atoms with van der Waals surface area (Å²) in [5.74, 6) is 0. The van der Waals surface area contributed by atoms with Gasteiger partial charge in [0, 0.05) is 23.7 Å². The summed E-state index contributed by atoms with van der Waals surface area (Å²) in [6.45, 7) is 0. The second-order valence-electron chi connectivity index (χ2n) is 14.8. The van der Waals surface area contributed by atoms with E-state index < -0.39 is 0 Å². The van der Waals surface area contributed by atoms with Crippen LogP contribution >= 0.6 is 0 Å². The summed E-state index contributed by atoms with van der Waals surface area (Å²) in [5, 5.41) is 5.08. The van der Waals surface area contributed by atoms with Gasteiger partial charge in [-0.3, -0.25) is 9.98 Å². The SMILES string of the molecule is C1=CN=C(C2=CC=C(c3c4ccccc4c(-c4ccc(-c5ccccn5)cc4)c4ccc(-c5cc(-c6ccccc6)cc(-c6ccccc6)c5)cc34)CC2)CC1. The lowest BCUT2D eigenvalue weighted by Gasteiger charge is -2.23. The molecular formula is C54H40N2. The molecule has 56 heavy (non-hydrogen) atoms. The highest BCUT2D eigenvalue weighted by Crippen LogP contribution is 2.46. The molecule has 0 saturated heterocycles. The molecule has 2 nitrogen and oxygen atoms in total. The Morgan fingerprint density at radius 2 is 0.946 bits per heavy atom. The minimum Gasteiger partial charge on any atom is -0.261 e. The quantitative estimate of drug-likeness (QED) is 0.151. The molecule has 266 valence electrons. The van der Waals surface area contributed by atoms with Gasteiger partial charge in [-0.25, -0.2) is 0 Å². The average Bonchev–Trinajstić information content (AvgIpc) is 3.29. The lowest BCUT2D eigenvalue weighted by atomic mass is 9.81. The summed E-state index contributed by atoms with van der Waals surface area (Å²) in [5.41, 5.74) is 17.1. The first-order valence-electron chi connectivity index (χ1n) is 19.7. The maximum Gasteiger partial charge on any atom is 0.0701 e. The van der Waals surface area contributed by atoms with Crippen LogP contribution in [0.5, 0.6) is 0 Å². The summed E-state index contributed by atoms with van der Waals surface area (Å²) < 4.78 is 0. The van der Waals surface area contributed by atoms with Crippen LogP contribution in [0.4, 0.5) is 0 Å².